The number of H-pyrrole nitrogens is 1. The van der Waals surface area contributed by atoms with E-state index in [1.54, 1.807) is 18.3 Å². The lowest BCUT2D eigenvalue weighted by Crippen LogP contribution is -2.18. The topological polar surface area (TPSA) is 72.0 Å². The summed E-state index contributed by atoms with van der Waals surface area (Å²) in [6.07, 6.45) is 2.44. The third kappa shape index (κ3) is 4.00. The Morgan fingerprint density at radius 2 is 2.18 bits per heavy atom. The summed E-state index contributed by atoms with van der Waals surface area (Å²) in [5.74, 6) is 0.929. The molecular formula is C21H22N2O3S2. The van der Waals surface area contributed by atoms with Gasteiger partial charge in [-0.3, -0.25) is 9.59 Å². The summed E-state index contributed by atoms with van der Waals surface area (Å²) in [5.41, 5.74) is 1.02. The van der Waals surface area contributed by atoms with Crippen LogP contribution in [0, 0.1) is 5.92 Å². The summed E-state index contributed by atoms with van der Waals surface area (Å²) < 4.78 is 5.49. The van der Waals surface area contributed by atoms with Gasteiger partial charge in [0, 0.05) is 9.77 Å². The van der Waals surface area contributed by atoms with Gasteiger partial charge in [0.15, 0.2) is 11.9 Å². The second-order valence-corrected chi connectivity index (χ2v) is 9.35. The Hall–Kier alpha value is -2.12. The van der Waals surface area contributed by atoms with E-state index in [-0.39, 0.29) is 17.3 Å². The minimum Gasteiger partial charge on any atom is -0.454 e. The minimum atomic E-state index is -0.598. The molecule has 0 saturated heterocycles. The van der Waals surface area contributed by atoms with Gasteiger partial charge in [-0.05, 0) is 49.8 Å². The fourth-order valence-corrected chi connectivity index (χ4v) is 5.60. The molecule has 0 unspecified atom stereocenters. The fourth-order valence-electron chi connectivity index (χ4n) is 3.50. The molecule has 146 valence electrons. The summed E-state index contributed by atoms with van der Waals surface area (Å²) in [6, 6.07) is 9.70. The first kappa shape index (κ1) is 19.2. The molecule has 2 aromatic heterocycles. The molecule has 1 aliphatic rings. The molecule has 0 radical (unpaired) electrons. The summed E-state index contributed by atoms with van der Waals surface area (Å²) in [4.78, 5) is 35.3. The Bertz CT molecular complexity index is 1060. The molecule has 0 bridgehead atoms. The molecule has 0 amide bonds. The van der Waals surface area contributed by atoms with Crippen molar-refractivity contribution in [1.82, 2.24) is 9.97 Å². The first-order chi connectivity index (χ1) is 13.5. The number of hydrogen-bond acceptors (Lipinski definition) is 6. The fraction of sp³-hybridized carbons (Fsp3) is 0.381. The van der Waals surface area contributed by atoms with Crippen molar-refractivity contribution in [1.29, 1.82) is 0 Å². The third-order valence-electron chi connectivity index (χ3n) is 4.98. The number of aromatic amines is 1. The van der Waals surface area contributed by atoms with Crippen LogP contribution < -0.4 is 5.56 Å². The van der Waals surface area contributed by atoms with Gasteiger partial charge < -0.3 is 9.72 Å². The molecule has 0 fully saturated rings. The summed E-state index contributed by atoms with van der Waals surface area (Å²) in [6.45, 7) is 3.98. The maximum Gasteiger partial charge on any atom is 0.316 e. The van der Waals surface area contributed by atoms with Crippen molar-refractivity contribution in [2.75, 3.05) is 5.75 Å². The molecule has 3 aromatic rings. The van der Waals surface area contributed by atoms with Gasteiger partial charge >= 0.3 is 5.97 Å². The van der Waals surface area contributed by atoms with Gasteiger partial charge in [-0.25, -0.2) is 4.98 Å². The standard InChI is InChI=1S/C21H22N2O3S2/c1-12-8-9-15-16(10-12)28-21-18(15)20(25)22-19(23-21)13(2)26-17(24)11-27-14-6-4-3-5-7-14/h3-7,12-13H,8-11H2,1-2H3,(H,22,23,25)/t12-,13-/m1/s1. The number of esters is 1. The number of nitrogens with one attached hydrogen (secondary N) is 1. The van der Waals surface area contributed by atoms with Crippen LogP contribution in [0.1, 0.15) is 42.6 Å². The van der Waals surface area contributed by atoms with E-state index in [2.05, 4.69) is 16.9 Å². The van der Waals surface area contributed by atoms with Gasteiger partial charge in [-0.1, -0.05) is 25.1 Å². The average molecular weight is 415 g/mol. The molecule has 28 heavy (non-hydrogen) atoms. The van der Waals surface area contributed by atoms with Crippen LogP contribution in [-0.2, 0) is 22.4 Å². The van der Waals surface area contributed by atoms with E-state index in [4.69, 9.17) is 4.74 Å². The van der Waals surface area contributed by atoms with Crippen molar-refractivity contribution in [3.8, 4) is 0 Å². The third-order valence-corrected chi connectivity index (χ3v) is 7.11. The van der Waals surface area contributed by atoms with Crippen LogP contribution in [0.15, 0.2) is 40.0 Å². The van der Waals surface area contributed by atoms with E-state index >= 15 is 0 Å². The largest absolute Gasteiger partial charge is 0.454 e. The molecule has 5 nitrogen and oxygen atoms in total. The van der Waals surface area contributed by atoms with Gasteiger partial charge in [-0.2, -0.15) is 0 Å². The number of carbonyl (C=O) groups excluding carboxylic acids is 1. The lowest BCUT2D eigenvalue weighted by atomic mass is 9.89. The number of rotatable bonds is 5. The van der Waals surface area contributed by atoms with Gasteiger partial charge in [0.2, 0.25) is 0 Å². The predicted molar refractivity (Wildman–Crippen MR) is 113 cm³/mol. The van der Waals surface area contributed by atoms with Crippen LogP contribution >= 0.6 is 23.1 Å². The lowest BCUT2D eigenvalue weighted by molar-refractivity contribution is -0.145. The van der Waals surface area contributed by atoms with Crippen molar-refractivity contribution in [2.24, 2.45) is 5.92 Å². The second-order valence-electron chi connectivity index (χ2n) is 7.22. The number of carbonyl (C=O) groups is 1. The highest BCUT2D eigenvalue weighted by Gasteiger charge is 2.24. The molecule has 0 spiro atoms. The summed E-state index contributed by atoms with van der Waals surface area (Å²) in [7, 11) is 0. The van der Waals surface area contributed by atoms with E-state index in [0.29, 0.717) is 17.1 Å². The second kappa shape index (κ2) is 8.09. The van der Waals surface area contributed by atoms with Crippen molar-refractivity contribution < 1.29 is 9.53 Å². The Morgan fingerprint density at radius 3 is 2.96 bits per heavy atom. The van der Waals surface area contributed by atoms with Crippen LogP contribution in [0.4, 0.5) is 0 Å². The van der Waals surface area contributed by atoms with Gasteiger partial charge in [0.05, 0.1) is 11.1 Å². The molecule has 7 heteroatoms. The Kier molecular flexibility index (Phi) is 5.55. The Morgan fingerprint density at radius 1 is 1.39 bits per heavy atom. The van der Waals surface area contributed by atoms with Crippen molar-refractivity contribution >= 4 is 39.3 Å². The quantitative estimate of drug-likeness (QED) is 0.491. The first-order valence-corrected chi connectivity index (χ1v) is 11.2. The highest BCUT2D eigenvalue weighted by Crippen LogP contribution is 2.36. The highest BCUT2D eigenvalue weighted by molar-refractivity contribution is 8.00. The number of aryl methyl sites for hydroxylation is 1. The summed E-state index contributed by atoms with van der Waals surface area (Å²) in [5, 5.41) is 0.716. The monoisotopic (exact) mass is 414 g/mol. The predicted octanol–water partition coefficient (Wildman–Crippen LogP) is 4.51. The van der Waals surface area contributed by atoms with Gasteiger partial charge in [0.1, 0.15) is 4.83 Å². The van der Waals surface area contributed by atoms with Crippen LogP contribution in [0.3, 0.4) is 0 Å². The average Bonchev–Trinajstić information content (AvgIpc) is 3.05. The molecule has 4 rings (SSSR count). The van der Waals surface area contributed by atoms with Crippen molar-refractivity contribution in [2.45, 2.75) is 44.1 Å². The molecule has 2 atom stereocenters. The van der Waals surface area contributed by atoms with E-state index in [1.165, 1.54) is 16.6 Å². The van der Waals surface area contributed by atoms with Crippen molar-refractivity contribution in [3.63, 3.8) is 0 Å². The molecule has 1 aliphatic carbocycles. The highest BCUT2D eigenvalue weighted by atomic mass is 32.2. The number of aromatic nitrogens is 2. The van der Waals surface area contributed by atoms with Crippen LogP contribution in [0.25, 0.3) is 10.2 Å². The smallest absolute Gasteiger partial charge is 0.316 e. The Balaban J connectivity index is 1.49. The molecule has 2 heterocycles. The van der Waals surface area contributed by atoms with E-state index < -0.39 is 6.10 Å². The number of nitrogens with zero attached hydrogens (tertiary/aromatic N) is 1. The first-order valence-electron chi connectivity index (χ1n) is 9.43. The molecular weight excluding hydrogens is 392 g/mol. The normalized spacial score (nSPS) is 17.3. The number of thioether (sulfide) groups is 1. The van der Waals surface area contributed by atoms with Gasteiger partial charge in [-0.15, -0.1) is 23.1 Å². The Labute approximate surface area is 171 Å². The zero-order chi connectivity index (χ0) is 19.7. The van der Waals surface area contributed by atoms with Crippen LogP contribution in [0.5, 0.6) is 0 Å². The number of thiophene rings is 1. The number of ether oxygens (including phenoxy) is 1. The van der Waals surface area contributed by atoms with Crippen LogP contribution in [-0.4, -0.2) is 21.7 Å². The lowest BCUT2D eigenvalue weighted by Gasteiger charge is -2.17. The maximum absolute atomic E-state index is 12.7. The molecule has 0 saturated carbocycles. The van der Waals surface area contributed by atoms with E-state index in [1.807, 2.05) is 30.3 Å². The molecule has 1 N–H and O–H groups in total. The van der Waals surface area contributed by atoms with E-state index in [9.17, 15) is 9.59 Å². The SMILES string of the molecule is C[C@@H]1CCc2c(sc3nc([C@@H](C)OC(=O)CSc4ccccc4)[nH]c(=O)c23)C1. The van der Waals surface area contributed by atoms with E-state index in [0.717, 1.165) is 34.6 Å². The van der Waals surface area contributed by atoms with Crippen molar-refractivity contribution in [3.05, 3.63) is 57.0 Å². The number of benzene rings is 1. The van der Waals surface area contributed by atoms with Gasteiger partial charge in [0.25, 0.3) is 5.56 Å². The number of fused-ring (bicyclic) bond motifs is 3. The zero-order valence-corrected chi connectivity index (χ0v) is 17.5. The molecule has 0 aliphatic heterocycles. The summed E-state index contributed by atoms with van der Waals surface area (Å²) >= 11 is 3.02. The molecule has 1 aromatic carbocycles. The minimum absolute atomic E-state index is 0.131. The maximum atomic E-state index is 12.7. The number of hydrogen-bond donors (Lipinski definition) is 1. The van der Waals surface area contributed by atoms with Crippen LogP contribution in [0.2, 0.25) is 0 Å². The zero-order valence-electron chi connectivity index (χ0n) is 15.9.